The first-order valence-electron chi connectivity index (χ1n) is 3.47. The Hall–Kier alpha value is -0.390. The van der Waals surface area contributed by atoms with Crippen molar-refractivity contribution in [3.8, 4) is 0 Å². The number of hydrogen-bond donors (Lipinski definition) is 3. The molecule has 0 aliphatic carbocycles. The molecule has 12 heavy (non-hydrogen) atoms. The molecule has 0 aliphatic heterocycles. The van der Waals surface area contributed by atoms with Crippen molar-refractivity contribution in [1.82, 2.24) is 0 Å². The largest absolute Gasteiger partial charge is 0.480 e. The summed E-state index contributed by atoms with van der Waals surface area (Å²) in [5.41, 5.74) is 8.71. The molecule has 0 aliphatic rings. The average molecular weight is 199 g/mol. The molecule has 0 heterocycles. The van der Waals surface area contributed by atoms with Crippen LogP contribution in [0.2, 0.25) is 0 Å². The van der Waals surface area contributed by atoms with Crippen molar-refractivity contribution < 1.29 is 14.3 Å². The molecule has 0 aromatic rings. The Morgan fingerprint density at radius 1 is 1.50 bits per heavy atom. The summed E-state index contributed by atoms with van der Waals surface area (Å²) in [5, 5.41) is 8.34. The maximum absolute atomic E-state index is 12.2. The Kier molecular flexibility index (Phi) is 5.12. The zero-order valence-electron chi connectivity index (χ0n) is 6.41. The second-order valence-corrected chi connectivity index (χ2v) is 2.94. The fourth-order valence-electron chi connectivity index (χ4n) is 0.621. The van der Waals surface area contributed by atoms with Crippen LogP contribution in [0.5, 0.6) is 0 Å². The Balaban J connectivity index is 3.61. The average Bonchev–Trinajstić information content (AvgIpc) is 1.98. The Bertz CT molecular complexity index is 156. The number of nitrogens with two attached hydrogens (primary N) is 2. The summed E-state index contributed by atoms with van der Waals surface area (Å²) in [7, 11) is 0. The topological polar surface area (TPSA) is 89.3 Å². The van der Waals surface area contributed by atoms with Crippen LogP contribution in [-0.4, -0.2) is 28.8 Å². The monoisotopic (exact) mass is 198 g/mol. The Labute approximate surface area is 74.7 Å². The van der Waals surface area contributed by atoms with Gasteiger partial charge in [-0.15, -0.1) is 0 Å². The van der Waals surface area contributed by atoms with E-state index in [1.807, 2.05) is 0 Å². The van der Waals surface area contributed by atoms with E-state index >= 15 is 0 Å². The highest BCUT2D eigenvalue weighted by molar-refractivity contribution is 6.20. The predicted octanol–water partition coefficient (Wildman–Crippen LogP) is 0.0402. The SMILES string of the molecule is NC(CCC(N)C(F)Cl)C(=O)O. The van der Waals surface area contributed by atoms with Crippen molar-refractivity contribution in [2.75, 3.05) is 0 Å². The highest BCUT2D eigenvalue weighted by atomic mass is 35.5. The van der Waals surface area contributed by atoms with Gasteiger partial charge in [0.1, 0.15) is 6.04 Å². The van der Waals surface area contributed by atoms with Crippen molar-refractivity contribution in [2.45, 2.75) is 30.6 Å². The molecule has 0 amide bonds. The van der Waals surface area contributed by atoms with Gasteiger partial charge < -0.3 is 16.6 Å². The van der Waals surface area contributed by atoms with E-state index in [9.17, 15) is 9.18 Å². The van der Waals surface area contributed by atoms with E-state index in [0.29, 0.717) is 0 Å². The van der Waals surface area contributed by atoms with Gasteiger partial charge in [0.25, 0.3) is 0 Å². The van der Waals surface area contributed by atoms with Gasteiger partial charge in [0.15, 0.2) is 5.63 Å². The van der Waals surface area contributed by atoms with Gasteiger partial charge in [-0.2, -0.15) is 0 Å². The summed E-state index contributed by atoms with van der Waals surface area (Å²) in [6, 6.07) is -1.84. The predicted molar refractivity (Wildman–Crippen MR) is 43.6 cm³/mol. The summed E-state index contributed by atoms with van der Waals surface area (Å²) >= 11 is 5.01. The minimum atomic E-state index is -1.65. The third-order valence-electron chi connectivity index (χ3n) is 1.45. The highest BCUT2D eigenvalue weighted by Crippen LogP contribution is 2.08. The summed E-state index contributed by atoms with van der Waals surface area (Å²) in [6.07, 6.45) is 0.293. The molecular formula is C6H12ClFN2O2. The van der Waals surface area contributed by atoms with E-state index in [4.69, 9.17) is 28.2 Å². The molecule has 0 spiro atoms. The number of carboxylic acid groups (broad SMARTS) is 1. The summed E-state index contributed by atoms with van der Waals surface area (Å²) < 4.78 is 12.2. The summed E-state index contributed by atoms with van der Waals surface area (Å²) in [5.74, 6) is -1.12. The Morgan fingerprint density at radius 2 is 2.00 bits per heavy atom. The fraction of sp³-hybridized carbons (Fsp3) is 0.833. The van der Waals surface area contributed by atoms with Crippen LogP contribution in [0.3, 0.4) is 0 Å². The number of aliphatic carboxylic acids is 1. The van der Waals surface area contributed by atoms with Crippen LogP contribution in [0.4, 0.5) is 4.39 Å². The molecule has 72 valence electrons. The molecule has 0 aromatic carbocycles. The molecular weight excluding hydrogens is 187 g/mol. The number of alkyl halides is 2. The molecule has 0 radical (unpaired) electrons. The van der Waals surface area contributed by atoms with Crippen molar-refractivity contribution >= 4 is 17.6 Å². The maximum Gasteiger partial charge on any atom is 0.320 e. The molecule has 3 atom stereocenters. The van der Waals surface area contributed by atoms with Gasteiger partial charge in [-0.05, 0) is 12.8 Å². The zero-order chi connectivity index (χ0) is 9.72. The maximum atomic E-state index is 12.2. The standard InChI is InChI=1S/C6H12ClFN2O2/c7-5(8)3(9)1-2-4(10)6(11)12/h3-5H,1-2,9-10H2,(H,11,12). The first-order valence-corrected chi connectivity index (χ1v) is 3.91. The lowest BCUT2D eigenvalue weighted by Crippen LogP contribution is -2.34. The lowest BCUT2D eigenvalue weighted by atomic mass is 10.1. The normalized spacial score (nSPS) is 18.3. The van der Waals surface area contributed by atoms with Gasteiger partial charge >= 0.3 is 5.97 Å². The van der Waals surface area contributed by atoms with Crippen LogP contribution < -0.4 is 11.5 Å². The highest BCUT2D eigenvalue weighted by Gasteiger charge is 2.17. The van der Waals surface area contributed by atoms with Crippen molar-refractivity contribution in [3.63, 3.8) is 0 Å². The number of hydrogen-bond acceptors (Lipinski definition) is 3. The number of carboxylic acids is 1. The molecule has 0 saturated heterocycles. The molecule has 5 N–H and O–H groups in total. The van der Waals surface area contributed by atoms with Gasteiger partial charge in [-0.3, -0.25) is 4.79 Å². The van der Waals surface area contributed by atoms with Crippen LogP contribution in [0.1, 0.15) is 12.8 Å². The van der Waals surface area contributed by atoms with Crippen molar-refractivity contribution in [1.29, 1.82) is 0 Å². The van der Waals surface area contributed by atoms with Crippen LogP contribution in [0.25, 0.3) is 0 Å². The molecule has 0 saturated carbocycles. The molecule has 4 nitrogen and oxygen atoms in total. The lowest BCUT2D eigenvalue weighted by Gasteiger charge is -2.12. The van der Waals surface area contributed by atoms with Crippen molar-refractivity contribution in [3.05, 3.63) is 0 Å². The second-order valence-electron chi connectivity index (χ2n) is 2.52. The van der Waals surface area contributed by atoms with E-state index in [-0.39, 0.29) is 12.8 Å². The van der Waals surface area contributed by atoms with Crippen LogP contribution in [-0.2, 0) is 4.79 Å². The molecule has 6 heteroatoms. The summed E-state index contributed by atoms with van der Waals surface area (Å²) in [6.45, 7) is 0. The Morgan fingerprint density at radius 3 is 2.33 bits per heavy atom. The van der Waals surface area contributed by atoms with E-state index < -0.39 is 23.7 Å². The first-order chi connectivity index (χ1) is 5.45. The van der Waals surface area contributed by atoms with Crippen molar-refractivity contribution in [2.24, 2.45) is 11.5 Å². The summed E-state index contributed by atoms with van der Waals surface area (Å²) in [4.78, 5) is 10.2. The molecule has 0 fully saturated rings. The van der Waals surface area contributed by atoms with Gasteiger partial charge in [0.05, 0.1) is 6.04 Å². The number of carbonyl (C=O) groups is 1. The third kappa shape index (κ3) is 4.48. The molecule has 0 aromatic heterocycles. The van der Waals surface area contributed by atoms with E-state index in [1.165, 1.54) is 0 Å². The van der Waals surface area contributed by atoms with E-state index in [2.05, 4.69) is 0 Å². The van der Waals surface area contributed by atoms with Crippen LogP contribution in [0.15, 0.2) is 0 Å². The quantitative estimate of drug-likeness (QED) is 0.544. The molecule has 3 unspecified atom stereocenters. The smallest absolute Gasteiger partial charge is 0.320 e. The number of halogens is 2. The van der Waals surface area contributed by atoms with Gasteiger partial charge in [0.2, 0.25) is 0 Å². The third-order valence-corrected chi connectivity index (χ3v) is 1.78. The lowest BCUT2D eigenvalue weighted by molar-refractivity contribution is -0.138. The minimum absolute atomic E-state index is 0.129. The van der Waals surface area contributed by atoms with Gasteiger partial charge in [-0.1, -0.05) is 11.6 Å². The molecule has 0 rings (SSSR count). The first kappa shape index (κ1) is 11.6. The minimum Gasteiger partial charge on any atom is -0.480 e. The van der Waals surface area contributed by atoms with E-state index in [1.54, 1.807) is 0 Å². The van der Waals surface area contributed by atoms with Gasteiger partial charge in [-0.25, -0.2) is 4.39 Å². The van der Waals surface area contributed by atoms with E-state index in [0.717, 1.165) is 0 Å². The number of rotatable bonds is 5. The fourth-order valence-corrected chi connectivity index (χ4v) is 0.747. The second kappa shape index (κ2) is 5.29. The van der Waals surface area contributed by atoms with Gasteiger partial charge in [0, 0.05) is 0 Å². The van der Waals surface area contributed by atoms with Crippen LogP contribution in [0, 0.1) is 0 Å². The molecule has 0 bridgehead atoms. The zero-order valence-corrected chi connectivity index (χ0v) is 7.17. The van der Waals surface area contributed by atoms with Crippen LogP contribution >= 0.6 is 11.6 Å².